The van der Waals surface area contributed by atoms with Crippen LogP contribution < -0.4 is 5.11 Å². The predicted molar refractivity (Wildman–Crippen MR) is 61.4 cm³/mol. The molecule has 0 unspecified atom stereocenters. The Kier molecular flexibility index (Phi) is 3.94. The second kappa shape index (κ2) is 5.64. The molecule has 1 aromatic rings. The Morgan fingerprint density at radius 3 is 2.67 bits per heavy atom. The van der Waals surface area contributed by atoms with E-state index in [1.807, 2.05) is 18.2 Å². The summed E-state index contributed by atoms with van der Waals surface area (Å²) in [4.78, 5) is 23.6. The van der Waals surface area contributed by atoms with Crippen molar-refractivity contribution < 1.29 is 19.4 Å². The van der Waals surface area contributed by atoms with Gasteiger partial charge in [-0.2, -0.15) is 0 Å². The van der Waals surface area contributed by atoms with Gasteiger partial charge >= 0.3 is 0 Å². The third kappa shape index (κ3) is 3.07. The van der Waals surface area contributed by atoms with Gasteiger partial charge in [0.05, 0.1) is 12.6 Å². The third-order valence-corrected chi connectivity index (χ3v) is 2.93. The van der Waals surface area contributed by atoms with Crippen LogP contribution in [0.2, 0.25) is 0 Å². The molecular formula is C13H14NO4-. The molecule has 1 aliphatic rings. The summed E-state index contributed by atoms with van der Waals surface area (Å²) < 4.78 is 4.74. The molecule has 18 heavy (non-hydrogen) atoms. The van der Waals surface area contributed by atoms with E-state index in [1.54, 1.807) is 4.90 Å². The highest BCUT2D eigenvalue weighted by molar-refractivity contribution is 5.78. The number of ether oxygens (including phenoxy) is 1. The summed E-state index contributed by atoms with van der Waals surface area (Å²) in [5.41, 5.74) is 2.40. The molecule has 1 heterocycles. The van der Waals surface area contributed by atoms with Crippen LogP contribution >= 0.6 is 0 Å². The fourth-order valence-electron chi connectivity index (χ4n) is 2.02. The summed E-state index contributed by atoms with van der Waals surface area (Å²) >= 11 is 0. The van der Waals surface area contributed by atoms with E-state index in [-0.39, 0.29) is 12.5 Å². The van der Waals surface area contributed by atoms with Gasteiger partial charge in [0.25, 0.3) is 0 Å². The Balaban J connectivity index is 1.88. The minimum atomic E-state index is -1.31. The summed E-state index contributed by atoms with van der Waals surface area (Å²) in [5.74, 6) is -1.50. The number of carboxylic acid groups (broad SMARTS) is 1. The Bertz CT molecular complexity index is 458. The van der Waals surface area contributed by atoms with Crippen LogP contribution in [0.15, 0.2) is 24.3 Å². The van der Waals surface area contributed by atoms with Crippen molar-refractivity contribution >= 4 is 11.9 Å². The molecule has 0 N–H and O–H groups in total. The molecule has 0 aromatic heterocycles. The van der Waals surface area contributed by atoms with Gasteiger partial charge in [-0.15, -0.1) is 0 Å². The largest absolute Gasteiger partial charge is 0.548 e. The maximum absolute atomic E-state index is 11.8. The van der Waals surface area contributed by atoms with E-state index in [2.05, 4.69) is 6.07 Å². The second-order valence-electron chi connectivity index (χ2n) is 4.20. The van der Waals surface area contributed by atoms with Crippen LogP contribution in [-0.4, -0.2) is 36.5 Å². The lowest BCUT2D eigenvalue weighted by molar-refractivity contribution is -0.309. The molecular weight excluding hydrogens is 234 g/mol. The monoisotopic (exact) mass is 248 g/mol. The molecule has 0 fully saturated rings. The summed E-state index contributed by atoms with van der Waals surface area (Å²) in [7, 11) is 0. The van der Waals surface area contributed by atoms with Gasteiger partial charge in [-0.05, 0) is 17.5 Å². The van der Waals surface area contributed by atoms with E-state index < -0.39 is 12.6 Å². The van der Waals surface area contributed by atoms with Crippen LogP contribution in [0, 0.1) is 0 Å². The van der Waals surface area contributed by atoms with Gasteiger partial charge in [0.2, 0.25) is 5.91 Å². The average molecular weight is 248 g/mol. The lowest BCUT2D eigenvalue weighted by Gasteiger charge is -2.28. The van der Waals surface area contributed by atoms with Crippen LogP contribution in [0.4, 0.5) is 0 Å². The highest BCUT2D eigenvalue weighted by atomic mass is 16.5. The van der Waals surface area contributed by atoms with E-state index in [9.17, 15) is 14.7 Å². The quantitative estimate of drug-likeness (QED) is 0.709. The van der Waals surface area contributed by atoms with Crippen molar-refractivity contribution in [3.8, 4) is 0 Å². The van der Waals surface area contributed by atoms with E-state index in [0.29, 0.717) is 13.1 Å². The van der Waals surface area contributed by atoms with Crippen LogP contribution in [0.25, 0.3) is 0 Å². The Morgan fingerprint density at radius 2 is 1.94 bits per heavy atom. The first-order valence-corrected chi connectivity index (χ1v) is 5.79. The molecule has 0 radical (unpaired) electrons. The molecule has 0 saturated heterocycles. The van der Waals surface area contributed by atoms with Crippen molar-refractivity contribution in [2.75, 3.05) is 19.8 Å². The maximum Gasteiger partial charge on any atom is 0.248 e. The third-order valence-electron chi connectivity index (χ3n) is 2.93. The van der Waals surface area contributed by atoms with E-state index >= 15 is 0 Å². The van der Waals surface area contributed by atoms with E-state index in [4.69, 9.17) is 4.74 Å². The molecule has 2 rings (SSSR count). The number of rotatable bonds is 4. The first-order chi connectivity index (χ1) is 8.66. The number of aliphatic carboxylic acids is 1. The molecule has 0 saturated carbocycles. The predicted octanol–water partition coefficient (Wildman–Crippen LogP) is -0.662. The average Bonchev–Trinajstić information content (AvgIpc) is 2.37. The van der Waals surface area contributed by atoms with Crippen molar-refractivity contribution in [1.29, 1.82) is 0 Å². The number of hydrogen-bond donors (Lipinski definition) is 0. The summed E-state index contributed by atoms with van der Waals surface area (Å²) in [6.07, 6.45) is 0.822. The minimum Gasteiger partial charge on any atom is -0.548 e. The molecule has 0 bridgehead atoms. The van der Waals surface area contributed by atoms with Crippen LogP contribution in [0.5, 0.6) is 0 Å². The summed E-state index contributed by atoms with van der Waals surface area (Å²) in [6, 6.07) is 7.99. The molecule has 0 spiro atoms. The fourth-order valence-corrected chi connectivity index (χ4v) is 2.02. The van der Waals surface area contributed by atoms with Gasteiger partial charge in [-0.1, -0.05) is 24.3 Å². The van der Waals surface area contributed by atoms with Gasteiger partial charge in [0.15, 0.2) is 0 Å². The van der Waals surface area contributed by atoms with Crippen molar-refractivity contribution in [3.05, 3.63) is 35.4 Å². The fraction of sp³-hybridized carbons (Fsp3) is 0.385. The first-order valence-electron chi connectivity index (χ1n) is 5.79. The molecule has 5 heteroatoms. The van der Waals surface area contributed by atoms with Crippen LogP contribution in [-0.2, 0) is 27.3 Å². The zero-order valence-electron chi connectivity index (χ0n) is 9.93. The minimum absolute atomic E-state index is 0.189. The number of carboxylic acids is 1. The zero-order chi connectivity index (χ0) is 13.0. The molecule has 5 nitrogen and oxygen atoms in total. The SMILES string of the molecule is O=C([O-])COCC(=O)N1CCc2ccccc2C1. The molecule has 1 aromatic carbocycles. The normalized spacial score (nSPS) is 14.1. The first kappa shape index (κ1) is 12.6. The van der Waals surface area contributed by atoms with Crippen molar-refractivity contribution in [2.24, 2.45) is 0 Å². The number of fused-ring (bicyclic) bond motifs is 1. The Hall–Kier alpha value is -1.88. The van der Waals surface area contributed by atoms with Gasteiger partial charge in [0, 0.05) is 13.1 Å². The molecule has 0 aliphatic carbocycles. The Morgan fingerprint density at radius 1 is 1.22 bits per heavy atom. The highest BCUT2D eigenvalue weighted by Gasteiger charge is 2.19. The zero-order valence-corrected chi connectivity index (χ0v) is 9.93. The molecule has 1 amide bonds. The number of carbonyl (C=O) groups is 2. The maximum atomic E-state index is 11.8. The molecule has 0 atom stereocenters. The number of carbonyl (C=O) groups excluding carboxylic acids is 2. The number of nitrogens with zero attached hydrogens (tertiary/aromatic N) is 1. The lowest BCUT2D eigenvalue weighted by Crippen LogP contribution is -2.39. The summed E-state index contributed by atoms with van der Waals surface area (Å²) in [5, 5.41) is 10.2. The topological polar surface area (TPSA) is 69.7 Å². The van der Waals surface area contributed by atoms with Gasteiger partial charge in [0.1, 0.15) is 6.61 Å². The standard InChI is InChI=1S/C13H15NO4/c15-12(8-18-9-13(16)17)14-6-5-10-3-1-2-4-11(10)7-14/h1-4H,5-9H2,(H,16,17)/p-1. The number of amides is 1. The van der Waals surface area contributed by atoms with Gasteiger partial charge < -0.3 is 19.5 Å². The lowest BCUT2D eigenvalue weighted by atomic mass is 10.00. The molecule has 1 aliphatic heterocycles. The number of benzene rings is 1. The van der Waals surface area contributed by atoms with Crippen molar-refractivity contribution in [1.82, 2.24) is 4.90 Å². The van der Waals surface area contributed by atoms with Gasteiger partial charge in [-0.3, -0.25) is 4.79 Å². The van der Waals surface area contributed by atoms with Crippen molar-refractivity contribution in [3.63, 3.8) is 0 Å². The molecule has 96 valence electrons. The van der Waals surface area contributed by atoms with Crippen LogP contribution in [0.3, 0.4) is 0 Å². The van der Waals surface area contributed by atoms with E-state index in [0.717, 1.165) is 12.0 Å². The van der Waals surface area contributed by atoms with Crippen molar-refractivity contribution in [2.45, 2.75) is 13.0 Å². The van der Waals surface area contributed by atoms with Gasteiger partial charge in [-0.25, -0.2) is 0 Å². The van der Waals surface area contributed by atoms with Crippen LogP contribution in [0.1, 0.15) is 11.1 Å². The van der Waals surface area contributed by atoms with E-state index in [1.165, 1.54) is 5.56 Å². The number of hydrogen-bond acceptors (Lipinski definition) is 4. The smallest absolute Gasteiger partial charge is 0.248 e. The second-order valence-corrected chi connectivity index (χ2v) is 4.20. The summed E-state index contributed by atoms with van der Waals surface area (Å²) in [6.45, 7) is 0.445. The Labute approximate surface area is 105 Å². The highest BCUT2D eigenvalue weighted by Crippen LogP contribution is 2.18.